The maximum Gasteiger partial charge on any atom is 0.0991 e. The maximum absolute atomic E-state index is 9.03. The molecule has 2 aliphatic rings. The third kappa shape index (κ3) is 2.72. The first kappa shape index (κ1) is 13.6. The van der Waals surface area contributed by atoms with Crippen LogP contribution in [0.1, 0.15) is 49.8 Å². The van der Waals surface area contributed by atoms with E-state index in [1.807, 2.05) is 18.2 Å². The normalized spacial score (nSPS) is 33.8. The minimum Gasteiger partial charge on any atom is -0.364 e. The zero-order valence-corrected chi connectivity index (χ0v) is 12.1. The lowest BCUT2D eigenvalue weighted by atomic mass is 9.78. The molecule has 1 saturated carbocycles. The Morgan fingerprint density at radius 3 is 2.90 bits per heavy atom. The molecule has 1 atom stereocenters. The van der Waals surface area contributed by atoms with Gasteiger partial charge in [-0.3, -0.25) is 0 Å². The molecule has 106 valence electrons. The highest BCUT2D eigenvalue weighted by Gasteiger charge is 2.40. The predicted molar refractivity (Wildman–Crippen MR) is 78.2 cm³/mol. The lowest BCUT2D eigenvalue weighted by molar-refractivity contribution is -0.140. The van der Waals surface area contributed by atoms with Crippen molar-refractivity contribution in [2.24, 2.45) is 5.92 Å². The molecular weight excluding hydrogens is 248 g/mol. The van der Waals surface area contributed by atoms with Gasteiger partial charge < -0.3 is 10.1 Å². The van der Waals surface area contributed by atoms with Gasteiger partial charge in [-0.2, -0.15) is 5.26 Å². The van der Waals surface area contributed by atoms with Crippen molar-refractivity contribution in [3.63, 3.8) is 0 Å². The third-order valence-electron chi connectivity index (χ3n) is 4.74. The van der Waals surface area contributed by atoms with Gasteiger partial charge in [-0.15, -0.1) is 0 Å². The van der Waals surface area contributed by atoms with Gasteiger partial charge in [-0.05, 0) is 49.3 Å². The summed E-state index contributed by atoms with van der Waals surface area (Å²) in [7, 11) is 0. The van der Waals surface area contributed by atoms with Crippen LogP contribution in [0, 0.1) is 17.2 Å². The fourth-order valence-electron chi connectivity index (χ4n) is 3.39. The van der Waals surface area contributed by atoms with Crippen LogP contribution in [0.25, 0.3) is 0 Å². The van der Waals surface area contributed by atoms with Crippen LogP contribution in [0.2, 0.25) is 0 Å². The fourth-order valence-corrected chi connectivity index (χ4v) is 3.39. The summed E-state index contributed by atoms with van der Waals surface area (Å²) in [6.07, 6.45) is 4.88. The number of nitriles is 1. The molecule has 1 N–H and O–H groups in total. The van der Waals surface area contributed by atoms with Crippen LogP contribution in [-0.4, -0.2) is 18.7 Å². The van der Waals surface area contributed by atoms with Crippen molar-refractivity contribution in [2.45, 2.75) is 44.3 Å². The van der Waals surface area contributed by atoms with Gasteiger partial charge in [0.25, 0.3) is 0 Å². The van der Waals surface area contributed by atoms with Crippen molar-refractivity contribution < 1.29 is 4.74 Å². The molecule has 1 heterocycles. The van der Waals surface area contributed by atoms with Crippen molar-refractivity contribution in [2.75, 3.05) is 13.1 Å². The lowest BCUT2D eigenvalue weighted by Crippen LogP contribution is -2.52. The number of nitrogens with one attached hydrogen (secondary N) is 1. The highest BCUT2D eigenvalue weighted by Crippen LogP contribution is 2.39. The Labute approximate surface area is 120 Å². The average molecular weight is 270 g/mol. The van der Waals surface area contributed by atoms with Crippen LogP contribution >= 0.6 is 0 Å². The molecule has 1 aliphatic carbocycles. The van der Waals surface area contributed by atoms with Crippen LogP contribution in [0.5, 0.6) is 0 Å². The quantitative estimate of drug-likeness (QED) is 0.852. The zero-order valence-electron chi connectivity index (χ0n) is 12.1. The van der Waals surface area contributed by atoms with Gasteiger partial charge >= 0.3 is 0 Å². The third-order valence-corrected chi connectivity index (χ3v) is 4.74. The van der Waals surface area contributed by atoms with E-state index in [4.69, 9.17) is 10.00 Å². The van der Waals surface area contributed by atoms with E-state index >= 15 is 0 Å². The summed E-state index contributed by atoms with van der Waals surface area (Å²) in [5.74, 6) is 0.825. The molecule has 0 aromatic heterocycles. The molecule has 20 heavy (non-hydrogen) atoms. The summed E-state index contributed by atoms with van der Waals surface area (Å²) < 4.78 is 6.48. The summed E-state index contributed by atoms with van der Waals surface area (Å²) in [6.45, 7) is 4.14. The van der Waals surface area contributed by atoms with E-state index in [0.717, 1.165) is 37.4 Å². The van der Waals surface area contributed by atoms with Crippen LogP contribution in [-0.2, 0) is 4.74 Å². The van der Waals surface area contributed by atoms with E-state index in [2.05, 4.69) is 24.4 Å². The van der Waals surface area contributed by atoms with Gasteiger partial charge in [0.2, 0.25) is 0 Å². The molecule has 0 bridgehead atoms. The van der Waals surface area contributed by atoms with Gasteiger partial charge in [0, 0.05) is 13.1 Å². The molecule has 3 rings (SSSR count). The number of ether oxygens (including phenoxy) is 1. The van der Waals surface area contributed by atoms with Gasteiger partial charge in [-0.1, -0.05) is 19.1 Å². The molecular formula is C17H22N2O. The Morgan fingerprint density at radius 1 is 1.35 bits per heavy atom. The van der Waals surface area contributed by atoms with E-state index in [-0.39, 0.29) is 11.7 Å². The topological polar surface area (TPSA) is 45.0 Å². The van der Waals surface area contributed by atoms with Crippen molar-refractivity contribution in [1.82, 2.24) is 5.32 Å². The molecule has 1 spiro atoms. The fraction of sp³-hybridized carbons (Fsp3) is 0.588. The molecule has 3 heteroatoms. The first-order chi connectivity index (χ1) is 9.71. The maximum atomic E-state index is 9.03. The Balaban J connectivity index is 1.76. The van der Waals surface area contributed by atoms with E-state index in [1.54, 1.807) is 0 Å². The Bertz CT molecular complexity index is 512. The van der Waals surface area contributed by atoms with Crippen LogP contribution in [0.15, 0.2) is 24.3 Å². The molecule has 1 aromatic carbocycles. The minimum absolute atomic E-state index is 0.0120. The molecule has 2 fully saturated rings. The van der Waals surface area contributed by atoms with Crippen molar-refractivity contribution in [3.05, 3.63) is 35.4 Å². The highest BCUT2D eigenvalue weighted by atomic mass is 16.5. The second-order valence-electron chi connectivity index (χ2n) is 6.34. The smallest absolute Gasteiger partial charge is 0.0991 e. The molecule has 0 amide bonds. The minimum atomic E-state index is 0.0120. The zero-order chi connectivity index (χ0) is 14.0. The number of morpholine rings is 1. The molecule has 1 unspecified atom stereocenters. The summed E-state index contributed by atoms with van der Waals surface area (Å²) in [5, 5.41) is 12.6. The average Bonchev–Trinajstić information content (AvgIpc) is 2.51. The largest absolute Gasteiger partial charge is 0.364 e. The first-order valence-electron chi connectivity index (χ1n) is 7.59. The van der Waals surface area contributed by atoms with Gasteiger partial charge in [-0.25, -0.2) is 0 Å². The molecule has 1 aliphatic heterocycles. The Kier molecular flexibility index (Phi) is 3.78. The molecule has 3 nitrogen and oxygen atoms in total. The summed E-state index contributed by atoms with van der Waals surface area (Å²) in [4.78, 5) is 0. The standard InChI is InChI=1S/C17H22N2O/c1-13-5-7-17(8-6-13)12-19-11-16(20-17)15-4-2-3-14(9-15)10-18/h2-4,9,13,16,19H,5-8,11-12H2,1H3. The van der Waals surface area contributed by atoms with Gasteiger partial charge in [0.15, 0.2) is 0 Å². The number of hydrogen-bond acceptors (Lipinski definition) is 3. The van der Waals surface area contributed by atoms with E-state index in [1.165, 1.54) is 12.8 Å². The van der Waals surface area contributed by atoms with Crippen molar-refractivity contribution in [1.29, 1.82) is 5.26 Å². The number of rotatable bonds is 1. The SMILES string of the molecule is CC1CCC2(CC1)CNCC(c1cccc(C#N)c1)O2. The lowest BCUT2D eigenvalue weighted by Gasteiger charge is -2.45. The number of nitrogens with zero attached hydrogens (tertiary/aromatic N) is 1. The highest BCUT2D eigenvalue weighted by molar-refractivity contribution is 5.34. The van der Waals surface area contributed by atoms with E-state index in [9.17, 15) is 0 Å². The summed E-state index contributed by atoms with van der Waals surface area (Å²) in [6, 6.07) is 10.0. The van der Waals surface area contributed by atoms with Crippen LogP contribution < -0.4 is 5.32 Å². The second kappa shape index (κ2) is 5.55. The number of hydrogen-bond donors (Lipinski definition) is 1. The van der Waals surface area contributed by atoms with E-state index < -0.39 is 0 Å². The molecule has 0 radical (unpaired) electrons. The van der Waals surface area contributed by atoms with Gasteiger partial charge in [0.1, 0.15) is 0 Å². The first-order valence-corrected chi connectivity index (χ1v) is 7.59. The number of benzene rings is 1. The Morgan fingerprint density at radius 2 is 2.15 bits per heavy atom. The van der Waals surface area contributed by atoms with Gasteiger partial charge in [0.05, 0.1) is 23.3 Å². The summed E-state index contributed by atoms with van der Waals surface area (Å²) in [5.41, 5.74) is 1.84. The van der Waals surface area contributed by atoms with Crippen molar-refractivity contribution in [3.8, 4) is 6.07 Å². The Hall–Kier alpha value is -1.37. The monoisotopic (exact) mass is 270 g/mol. The van der Waals surface area contributed by atoms with E-state index in [0.29, 0.717) is 5.56 Å². The summed E-state index contributed by atoms with van der Waals surface area (Å²) >= 11 is 0. The molecule has 1 saturated heterocycles. The second-order valence-corrected chi connectivity index (χ2v) is 6.34. The van der Waals surface area contributed by atoms with Crippen molar-refractivity contribution >= 4 is 0 Å². The molecule has 1 aromatic rings. The van der Waals surface area contributed by atoms with Crippen LogP contribution in [0.4, 0.5) is 0 Å². The van der Waals surface area contributed by atoms with Crippen LogP contribution in [0.3, 0.4) is 0 Å². The predicted octanol–water partition coefficient (Wildman–Crippen LogP) is 3.17.